The number of nitrogens with zero attached hydrogens (tertiary/aromatic N) is 5. The van der Waals surface area contributed by atoms with Crippen molar-refractivity contribution in [2.75, 3.05) is 47.0 Å². The van der Waals surface area contributed by atoms with Crippen molar-refractivity contribution in [1.82, 2.24) is 14.9 Å². The molecule has 1 aliphatic heterocycles. The van der Waals surface area contributed by atoms with E-state index < -0.39 is 0 Å². The largest absolute Gasteiger partial charge is 0.353 e. The van der Waals surface area contributed by atoms with Crippen molar-refractivity contribution in [1.29, 1.82) is 5.26 Å². The monoisotopic (exact) mass is 468 g/mol. The van der Waals surface area contributed by atoms with Crippen molar-refractivity contribution in [3.05, 3.63) is 79.0 Å². The molecule has 10 nitrogen and oxygen atoms in total. The van der Waals surface area contributed by atoms with Gasteiger partial charge in [-0.3, -0.25) is 4.79 Å². The molecular formula is C25H24N8O2. The number of anilines is 5. The van der Waals surface area contributed by atoms with Crippen LogP contribution < -0.4 is 20.9 Å². The molecule has 0 aliphatic carbocycles. The molecular weight excluding hydrogens is 444 g/mol. The summed E-state index contributed by atoms with van der Waals surface area (Å²) in [6, 6.07) is 17.7. The van der Waals surface area contributed by atoms with E-state index in [9.17, 15) is 9.59 Å². The quantitative estimate of drug-likeness (QED) is 0.472. The summed E-state index contributed by atoms with van der Waals surface area (Å²) in [5, 5.41) is 17.7. The molecule has 0 atom stereocenters. The molecule has 176 valence electrons. The normalized spacial score (nSPS) is 12.9. The molecule has 3 amide bonds. The Bertz CT molecular complexity index is 1260. The molecule has 0 saturated carbocycles. The van der Waals surface area contributed by atoms with Crippen LogP contribution >= 0.6 is 0 Å². The fourth-order valence-electron chi connectivity index (χ4n) is 3.56. The highest BCUT2D eigenvalue weighted by atomic mass is 16.2. The molecule has 1 aromatic heterocycles. The number of nitrogens with one attached hydrogen (secondary N) is 3. The molecule has 2 heterocycles. The number of urea groups is 1. The van der Waals surface area contributed by atoms with Crippen LogP contribution in [0.25, 0.3) is 0 Å². The highest BCUT2D eigenvalue weighted by Gasteiger charge is 2.22. The summed E-state index contributed by atoms with van der Waals surface area (Å²) in [5.74, 6) is 0.820. The van der Waals surface area contributed by atoms with Crippen molar-refractivity contribution >= 4 is 40.8 Å². The Balaban J connectivity index is 1.36. The van der Waals surface area contributed by atoms with Gasteiger partial charge in [-0.15, -0.1) is 0 Å². The molecule has 10 heteroatoms. The Morgan fingerprint density at radius 3 is 2.37 bits per heavy atom. The summed E-state index contributed by atoms with van der Waals surface area (Å²) in [4.78, 5) is 37.1. The van der Waals surface area contributed by atoms with Gasteiger partial charge in [-0.05, 0) is 48.5 Å². The minimum atomic E-state index is -0.310. The molecule has 3 N–H and O–H groups in total. The number of carbonyl (C=O) groups is 2. The van der Waals surface area contributed by atoms with Gasteiger partial charge in [-0.25, -0.2) is 9.78 Å². The lowest BCUT2D eigenvalue weighted by atomic mass is 10.2. The number of piperazine rings is 1. The van der Waals surface area contributed by atoms with Gasteiger partial charge in [0, 0.05) is 38.1 Å². The second kappa shape index (κ2) is 10.8. The van der Waals surface area contributed by atoms with Crippen LogP contribution in [0.4, 0.5) is 33.6 Å². The van der Waals surface area contributed by atoms with Gasteiger partial charge in [0.25, 0.3) is 0 Å². The molecule has 3 aromatic rings. The number of benzene rings is 2. The summed E-state index contributed by atoms with van der Waals surface area (Å²) in [6.45, 7) is 5.77. The SMILES string of the molecule is C=CC(=O)Nc1ccccc1Nc1nccc(N2CCN(C(=O)Nc3ccc(C#N)cc3)CC2)n1. The molecule has 1 saturated heterocycles. The van der Waals surface area contributed by atoms with Crippen LogP contribution in [0.5, 0.6) is 0 Å². The zero-order valence-corrected chi connectivity index (χ0v) is 18.9. The molecule has 1 aliphatic rings. The van der Waals surface area contributed by atoms with Gasteiger partial charge in [0.15, 0.2) is 0 Å². The Hall–Kier alpha value is -4.91. The third-order valence-corrected chi connectivity index (χ3v) is 5.41. The van der Waals surface area contributed by atoms with E-state index in [0.29, 0.717) is 54.8 Å². The molecule has 0 unspecified atom stereocenters. The summed E-state index contributed by atoms with van der Waals surface area (Å²) >= 11 is 0. The second-order valence-electron chi connectivity index (χ2n) is 7.70. The Labute approximate surface area is 202 Å². The smallest absolute Gasteiger partial charge is 0.321 e. The third kappa shape index (κ3) is 5.91. The number of hydrogen-bond donors (Lipinski definition) is 3. The summed E-state index contributed by atoms with van der Waals surface area (Å²) < 4.78 is 0. The van der Waals surface area contributed by atoms with E-state index in [1.165, 1.54) is 6.08 Å². The Morgan fingerprint density at radius 2 is 1.69 bits per heavy atom. The summed E-state index contributed by atoms with van der Waals surface area (Å²) in [5.41, 5.74) is 2.44. The van der Waals surface area contributed by atoms with Gasteiger partial charge in [-0.1, -0.05) is 18.7 Å². The second-order valence-corrected chi connectivity index (χ2v) is 7.70. The van der Waals surface area contributed by atoms with Crippen molar-refractivity contribution in [3.8, 4) is 6.07 Å². The maximum absolute atomic E-state index is 12.6. The van der Waals surface area contributed by atoms with Gasteiger partial charge in [0.05, 0.1) is 23.0 Å². The minimum Gasteiger partial charge on any atom is -0.353 e. The van der Waals surface area contributed by atoms with Gasteiger partial charge >= 0.3 is 6.03 Å². The predicted molar refractivity (Wildman–Crippen MR) is 135 cm³/mol. The highest BCUT2D eigenvalue weighted by Crippen LogP contribution is 2.25. The first kappa shape index (κ1) is 23.3. The van der Waals surface area contributed by atoms with Gasteiger partial charge in [-0.2, -0.15) is 10.2 Å². The average molecular weight is 469 g/mol. The Morgan fingerprint density at radius 1 is 0.971 bits per heavy atom. The van der Waals surface area contributed by atoms with Crippen LogP contribution in [-0.2, 0) is 4.79 Å². The molecule has 2 aromatic carbocycles. The fourth-order valence-corrected chi connectivity index (χ4v) is 3.56. The lowest BCUT2D eigenvalue weighted by Gasteiger charge is -2.35. The number of nitriles is 1. The van der Waals surface area contributed by atoms with Crippen LogP contribution in [0, 0.1) is 11.3 Å². The van der Waals surface area contributed by atoms with E-state index in [-0.39, 0.29) is 11.9 Å². The lowest BCUT2D eigenvalue weighted by molar-refractivity contribution is -0.111. The molecule has 35 heavy (non-hydrogen) atoms. The predicted octanol–water partition coefficient (Wildman–Crippen LogP) is 3.57. The highest BCUT2D eigenvalue weighted by molar-refractivity contribution is 6.01. The lowest BCUT2D eigenvalue weighted by Crippen LogP contribution is -2.50. The third-order valence-electron chi connectivity index (χ3n) is 5.41. The van der Waals surface area contributed by atoms with Crippen molar-refractivity contribution in [2.24, 2.45) is 0 Å². The number of hydrogen-bond acceptors (Lipinski definition) is 7. The molecule has 4 rings (SSSR count). The first-order valence-corrected chi connectivity index (χ1v) is 11.0. The number of aromatic nitrogens is 2. The number of para-hydroxylation sites is 2. The maximum Gasteiger partial charge on any atom is 0.321 e. The van der Waals surface area contributed by atoms with Crippen LogP contribution in [0.15, 0.2) is 73.4 Å². The number of rotatable bonds is 6. The van der Waals surface area contributed by atoms with Gasteiger partial charge in [0.1, 0.15) is 5.82 Å². The maximum atomic E-state index is 12.6. The fraction of sp³-hybridized carbons (Fsp3) is 0.160. The van der Waals surface area contributed by atoms with E-state index in [0.717, 1.165) is 5.82 Å². The Kier molecular flexibility index (Phi) is 7.18. The number of carbonyl (C=O) groups excluding carboxylic acids is 2. The molecule has 0 spiro atoms. The standard InChI is InChI=1S/C25H24N8O2/c1-2-23(34)29-20-5-3-4-6-21(20)30-24-27-12-11-22(31-24)32-13-15-33(16-14-32)25(35)28-19-9-7-18(17-26)8-10-19/h2-12H,1,13-16H2,(H,28,35)(H,29,34)(H,27,30,31). The zero-order valence-electron chi connectivity index (χ0n) is 18.9. The van der Waals surface area contributed by atoms with E-state index in [1.54, 1.807) is 41.4 Å². The number of amides is 3. The van der Waals surface area contributed by atoms with Crippen LogP contribution in [0.2, 0.25) is 0 Å². The summed E-state index contributed by atoms with van der Waals surface area (Å²) in [7, 11) is 0. The first-order chi connectivity index (χ1) is 17.1. The van der Waals surface area contributed by atoms with Crippen molar-refractivity contribution < 1.29 is 9.59 Å². The molecule has 1 fully saturated rings. The van der Waals surface area contributed by atoms with E-state index >= 15 is 0 Å². The molecule has 0 bridgehead atoms. The zero-order chi connectivity index (χ0) is 24.6. The van der Waals surface area contributed by atoms with Gasteiger partial charge in [0.2, 0.25) is 11.9 Å². The van der Waals surface area contributed by atoms with E-state index in [1.807, 2.05) is 24.3 Å². The van der Waals surface area contributed by atoms with E-state index in [4.69, 9.17) is 5.26 Å². The van der Waals surface area contributed by atoms with Crippen molar-refractivity contribution in [3.63, 3.8) is 0 Å². The van der Waals surface area contributed by atoms with E-state index in [2.05, 4.69) is 43.5 Å². The minimum absolute atomic E-state index is 0.183. The molecule has 0 radical (unpaired) electrons. The van der Waals surface area contributed by atoms with Crippen LogP contribution in [0.1, 0.15) is 5.56 Å². The van der Waals surface area contributed by atoms with Crippen LogP contribution in [-0.4, -0.2) is 53.0 Å². The summed E-state index contributed by atoms with van der Waals surface area (Å²) in [6.07, 6.45) is 2.87. The topological polar surface area (TPSA) is 126 Å². The van der Waals surface area contributed by atoms with Crippen LogP contribution in [0.3, 0.4) is 0 Å². The first-order valence-electron chi connectivity index (χ1n) is 11.0. The van der Waals surface area contributed by atoms with Crippen molar-refractivity contribution in [2.45, 2.75) is 0 Å². The van der Waals surface area contributed by atoms with Gasteiger partial charge < -0.3 is 25.8 Å². The average Bonchev–Trinajstić information content (AvgIpc) is 2.90.